The van der Waals surface area contributed by atoms with Gasteiger partial charge in [0.15, 0.2) is 0 Å². The highest BCUT2D eigenvalue weighted by Gasteiger charge is 2.50. The first-order chi connectivity index (χ1) is 11.1. The van der Waals surface area contributed by atoms with Crippen LogP contribution in [-0.2, 0) is 19.8 Å². The maximum absolute atomic E-state index is 12.8. The zero-order valence-corrected chi connectivity index (χ0v) is 12.8. The van der Waals surface area contributed by atoms with Crippen LogP contribution in [0, 0.1) is 5.92 Å². The molecule has 2 aromatic carbocycles. The van der Waals surface area contributed by atoms with Crippen molar-refractivity contribution in [2.75, 3.05) is 4.90 Å². The average molecular weight is 307 g/mol. The van der Waals surface area contributed by atoms with Crippen LogP contribution in [0.25, 0.3) is 0 Å². The number of hydrogen-bond acceptors (Lipinski definition) is 3. The lowest BCUT2D eigenvalue weighted by Gasteiger charge is -2.28. The number of benzene rings is 2. The van der Waals surface area contributed by atoms with Gasteiger partial charge in [-0.1, -0.05) is 48.5 Å². The third kappa shape index (κ3) is 2.46. The Bertz CT molecular complexity index is 742. The van der Waals surface area contributed by atoms with E-state index in [1.54, 1.807) is 31.2 Å². The second-order valence-corrected chi connectivity index (χ2v) is 5.93. The van der Waals surface area contributed by atoms with Crippen molar-refractivity contribution in [1.29, 1.82) is 0 Å². The third-order valence-corrected chi connectivity index (χ3v) is 4.53. The Hall–Kier alpha value is -2.75. The highest BCUT2D eigenvalue weighted by atomic mass is 16.2. The van der Waals surface area contributed by atoms with Crippen LogP contribution in [0.1, 0.15) is 18.9 Å². The molecule has 1 heterocycles. The van der Waals surface area contributed by atoms with Crippen molar-refractivity contribution in [1.82, 2.24) is 0 Å². The van der Waals surface area contributed by atoms with Gasteiger partial charge >= 0.3 is 0 Å². The first-order valence-electron chi connectivity index (χ1n) is 7.51. The summed E-state index contributed by atoms with van der Waals surface area (Å²) in [4.78, 5) is 38.2. The first kappa shape index (κ1) is 15.2. The molecule has 0 spiro atoms. The molecule has 0 aromatic heterocycles. The molecule has 3 rings (SSSR count). The molecule has 0 saturated carbocycles. The number of imide groups is 1. The molecule has 2 atom stereocenters. The lowest BCUT2D eigenvalue weighted by molar-refractivity contribution is -0.126. The summed E-state index contributed by atoms with van der Waals surface area (Å²) < 4.78 is 0. The van der Waals surface area contributed by atoms with Crippen LogP contribution < -0.4 is 4.90 Å². The lowest BCUT2D eigenvalue weighted by Crippen LogP contribution is -2.40. The number of amides is 2. The number of carbonyl (C=O) groups excluding carboxylic acids is 3. The fourth-order valence-electron chi connectivity index (χ4n) is 3.10. The van der Waals surface area contributed by atoms with Crippen molar-refractivity contribution in [3.63, 3.8) is 0 Å². The van der Waals surface area contributed by atoms with Gasteiger partial charge in [-0.05, 0) is 24.6 Å². The van der Waals surface area contributed by atoms with Gasteiger partial charge in [0, 0.05) is 6.42 Å². The molecule has 1 aliphatic rings. The Morgan fingerprint density at radius 1 is 1.00 bits per heavy atom. The Balaban J connectivity index is 2.00. The van der Waals surface area contributed by atoms with E-state index in [0.717, 1.165) is 11.8 Å². The largest absolute Gasteiger partial charge is 0.302 e. The number of anilines is 1. The van der Waals surface area contributed by atoms with E-state index in [1.165, 1.54) is 4.90 Å². The number of hydrogen-bond donors (Lipinski definition) is 0. The Morgan fingerprint density at radius 2 is 1.57 bits per heavy atom. The predicted molar refractivity (Wildman–Crippen MR) is 86.9 cm³/mol. The van der Waals surface area contributed by atoms with Gasteiger partial charge in [-0.2, -0.15) is 0 Å². The van der Waals surface area contributed by atoms with Crippen LogP contribution in [0.2, 0.25) is 0 Å². The van der Waals surface area contributed by atoms with Crippen LogP contribution >= 0.6 is 0 Å². The first-order valence-corrected chi connectivity index (χ1v) is 7.51. The molecule has 4 nitrogen and oxygen atoms in total. The van der Waals surface area contributed by atoms with E-state index in [0.29, 0.717) is 5.69 Å². The molecular weight excluding hydrogens is 290 g/mol. The van der Waals surface area contributed by atoms with E-state index in [2.05, 4.69) is 0 Å². The van der Waals surface area contributed by atoms with Crippen LogP contribution in [0.3, 0.4) is 0 Å². The standard InChI is InChI=1S/C19H17NO3/c1-19(13-21,14-8-4-2-5-9-14)16-12-17(22)20(18(16)23)15-10-6-3-7-11-15/h2-11,13,16H,12H2,1H3/t16-,19-/m0/s1. The minimum Gasteiger partial charge on any atom is -0.302 e. The van der Waals surface area contributed by atoms with Gasteiger partial charge < -0.3 is 4.79 Å². The van der Waals surface area contributed by atoms with Crippen molar-refractivity contribution in [2.24, 2.45) is 5.92 Å². The zero-order chi connectivity index (χ0) is 16.4. The Morgan fingerprint density at radius 3 is 2.13 bits per heavy atom. The summed E-state index contributed by atoms with van der Waals surface area (Å²) in [6.07, 6.45) is 0.824. The second-order valence-electron chi connectivity index (χ2n) is 5.93. The molecule has 0 unspecified atom stereocenters. The summed E-state index contributed by atoms with van der Waals surface area (Å²) in [6.45, 7) is 1.72. The molecule has 0 bridgehead atoms. The van der Waals surface area contributed by atoms with E-state index in [4.69, 9.17) is 0 Å². The van der Waals surface area contributed by atoms with Gasteiger partial charge in [0.1, 0.15) is 6.29 Å². The molecule has 2 amide bonds. The fourth-order valence-corrected chi connectivity index (χ4v) is 3.10. The molecule has 1 fully saturated rings. The highest BCUT2D eigenvalue weighted by Crippen LogP contribution is 2.39. The smallest absolute Gasteiger partial charge is 0.238 e. The predicted octanol–water partition coefficient (Wildman–Crippen LogP) is 2.72. The van der Waals surface area contributed by atoms with Gasteiger partial charge in [0.25, 0.3) is 0 Å². The summed E-state index contributed by atoms with van der Waals surface area (Å²) in [6, 6.07) is 18.0. The molecular formula is C19H17NO3. The van der Waals surface area contributed by atoms with Crippen LogP contribution in [-0.4, -0.2) is 18.1 Å². The van der Waals surface area contributed by atoms with Gasteiger partial charge in [-0.15, -0.1) is 0 Å². The summed E-state index contributed by atoms with van der Waals surface area (Å²) in [5.41, 5.74) is 0.278. The average Bonchev–Trinajstić information content (AvgIpc) is 2.90. The molecule has 1 aliphatic heterocycles. The number of para-hydroxylation sites is 1. The van der Waals surface area contributed by atoms with E-state index < -0.39 is 11.3 Å². The van der Waals surface area contributed by atoms with Crippen molar-refractivity contribution >= 4 is 23.8 Å². The maximum atomic E-state index is 12.8. The summed E-state index contributed by atoms with van der Waals surface area (Å²) >= 11 is 0. The Labute approximate surface area is 134 Å². The SMILES string of the molecule is C[C@](C=O)(c1ccccc1)[C@H]1CC(=O)N(c2ccccc2)C1=O. The summed E-state index contributed by atoms with van der Waals surface area (Å²) in [5, 5.41) is 0. The van der Waals surface area contributed by atoms with E-state index in [1.807, 2.05) is 36.4 Å². The Kier molecular flexibility index (Phi) is 3.82. The third-order valence-electron chi connectivity index (χ3n) is 4.53. The van der Waals surface area contributed by atoms with Gasteiger partial charge in [-0.3, -0.25) is 14.5 Å². The van der Waals surface area contributed by atoms with E-state index in [-0.39, 0.29) is 18.2 Å². The number of carbonyl (C=O) groups is 3. The molecule has 0 aliphatic carbocycles. The monoisotopic (exact) mass is 307 g/mol. The summed E-state index contributed by atoms with van der Waals surface area (Å²) in [7, 11) is 0. The molecule has 1 saturated heterocycles. The van der Waals surface area contributed by atoms with Crippen molar-refractivity contribution in [2.45, 2.75) is 18.8 Å². The highest BCUT2D eigenvalue weighted by molar-refractivity contribution is 6.22. The molecule has 0 N–H and O–H groups in total. The van der Waals surface area contributed by atoms with Crippen LogP contribution in [0.5, 0.6) is 0 Å². The number of rotatable bonds is 4. The quantitative estimate of drug-likeness (QED) is 0.644. The zero-order valence-electron chi connectivity index (χ0n) is 12.8. The minimum absolute atomic E-state index is 0.0395. The second kappa shape index (κ2) is 5.80. The van der Waals surface area contributed by atoms with Crippen LogP contribution in [0.15, 0.2) is 60.7 Å². The van der Waals surface area contributed by atoms with Gasteiger partial charge in [0.2, 0.25) is 11.8 Å². The molecule has 23 heavy (non-hydrogen) atoms. The van der Waals surface area contributed by atoms with Gasteiger partial charge in [-0.25, -0.2) is 0 Å². The van der Waals surface area contributed by atoms with E-state index >= 15 is 0 Å². The van der Waals surface area contributed by atoms with Crippen LogP contribution in [0.4, 0.5) is 5.69 Å². The van der Waals surface area contributed by atoms with Gasteiger partial charge in [0.05, 0.1) is 17.0 Å². The molecule has 0 radical (unpaired) electrons. The van der Waals surface area contributed by atoms with Crippen molar-refractivity contribution in [3.8, 4) is 0 Å². The normalized spacial score (nSPS) is 20.4. The lowest BCUT2D eigenvalue weighted by atomic mass is 9.72. The van der Waals surface area contributed by atoms with Crippen molar-refractivity contribution < 1.29 is 14.4 Å². The fraction of sp³-hybridized carbons (Fsp3) is 0.211. The number of aldehydes is 1. The molecule has 2 aromatic rings. The molecule has 4 heteroatoms. The van der Waals surface area contributed by atoms with E-state index in [9.17, 15) is 14.4 Å². The molecule has 116 valence electrons. The van der Waals surface area contributed by atoms with Crippen molar-refractivity contribution in [3.05, 3.63) is 66.2 Å². The topological polar surface area (TPSA) is 54.5 Å². The summed E-state index contributed by atoms with van der Waals surface area (Å²) in [5.74, 6) is -1.27. The minimum atomic E-state index is -1.02. The maximum Gasteiger partial charge on any atom is 0.238 e. The number of nitrogens with zero attached hydrogens (tertiary/aromatic N) is 1.